The second-order valence-corrected chi connectivity index (χ2v) is 5.80. The Balaban J connectivity index is 2.78. The van der Waals surface area contributed by atoms with Gasteiger partial charge in [0.1, 0.15) is 0 Å². The lowest BCUT2D eigenvalue weighted by atomic mass is 9.92. The smallest absolute Gasteiger partial charge is 0.0335 e. The van der Waals surface area contributed by atoms with Crippen LogP contribution in [0.1, 0.15) is 45.7 Å². The van der Waals surface area contributed by atoms with Gasteiger partial charge in [-0.15, -0.1) is 0 Å². The molecule has 0 radical (unpaired) electrons. The number of pyridine rings is 1. The zero-order valence-electron chi connectivity index (χ0n) is 12.2. The summed E-state index contributed by atoms with van der Waals surface area (Å²) in [7, 11) is 0. The number of hydrogen-bond acceptors (Lipinski definition) is 3. The maximum absolute atomic E-state index is 5.85. The van der Waals surface area contributed by atoms with Crippen molar-refractivity contribution < 1.29 is 0 Å². The minimum atomic E-state index is 0.158. The molecule has 1 atom stereocenters. The number of rotatable bonds is 7. The largest absolute Gasteiger partial charge is 0.330 e. The van der Waals surface area contributed by atoms with Gasteiger partial charge in [-0.2, -0.15) is 0 Å². The summed E-state index contributed by atoms with van der Waals surface area (Å²) in [5.41, 5.74) is 7.29. The van der Waals surface area contributed by atoms with Gasteiger partial charge in [-0.1, -0.05) is 26.8 Å². The van der Waals surface area contributed by atoms with Gasteiger partial charge in [0.2, 0.25) is 0 Å². The van der Waals surface area contributed by atoms with Gasteiger partial charge >= 0.3 is 0 Å². The summed E-state index contributed by atoms with van der Waals surface area (Å²) in [4.78, 5) is 6.72. The third kappa shape index (κ3) is 4.39. The van der Waals surface area contributed by atoms with E-state index in [1.54, 1.807) is 0 Å². The predicted octanol–water partition coefficient (Wildman–Crippen LogP) is 2.84. The molecule has 0 aromatic carbocycles. The summed E-state index contributed by atoms with van der Waals surface area (Å²) >= 11 is 0. The van der Waals surface area contributed by atoms with Crippen molar-refractivity contribution in [1.29, 1.82) is 0 Å². The van der Waals surface area contributed by atoms with Crippen LogP contribution >= 0.6 is 0 Å². The summed E-state index contributed by atoms with van der Waals surface area (Å²) in [5.74, 6) is 0. The van der Waals surface area contributed by atoms with Gasteiger partial charge in [0.25, 0.3) is 0 Å². The van der Waals surface area contributed by atoms with Crippen LogP contribution in [0.25, 0.3) is 0 Å². The molecular formula is C15H27N3. The SMILES string of the molecule is CCCN(CC(C)(C)CN)C(C)c1cccnc1. The third-order valence-electron chi connectivity index (χ3n) is 3.41. The normalized spacial score (nSPS) is 13.9. The predicted molar refractivity (Wildman–Crippen MR) is 77.4 cm³/mol. The highest BCUT2D eigenvalue weighted by molar-refractivity contribution is 5.13. The Morgan fingerprint density at radius 1 is 1.44 bits per heavy atom. The minimum Gasteiger partial charge on any atom is -0.330 e. The van der Waals surface area contributed by atoms with E-state index in [2.05, 4.69) is 43.6 Å². The van der Waals surface area contributed by atoms with E-state index in [0.29, 0.717) is 12.6 Å². The van der Waals surface area contributed by atoms with Gasteiger partial charge in [-0.25, -0.2) is 0 Å². The molecule has 0 spiro atoms. The van der Waals surface area contributed by atoms with Crippen molar-refractivity contribution >= 4 is 0 Å². The second kappa shape index (κ2) is 6.86. The van der Waals surface area contributed by atoms with Crippen molar-refractivity contribution in [2.45, 2.75) is 40.2 Å². The Morgan fingerprint density at radius 2 is 2.17 bits per heavy atom. The van der Waals surface area contributed by atoms with Crippen LogP contribution in [0.5, 0.6) is 0 Å². The number of nitrogens with two attached hydrogens (primary N) is 1. The van der Waals surface area contributed by atoms with Crippen LogP contribution in [-0.2, 0) is 0 Å². The molecule has 0 saturated carbocycles. The Kier molecular flexibility index (Phi) is 5.76. The van der Waals surface area contributed by atoms with Crippen LogP contribution in [0.15, 0.2) is 24.5 Å². The molecule has 1 heterocycles. The lowest BCUT2D eigenvalue weighted by Gasteiger charge is -2.35. The Morgan fingerprint density at radius 3 is 2.67 bits per heavy atom. The lowest BCUT2D eigenvalue weighted by molar-refractivity contribution is 0.140. The monoisotopic (exact) mass is 249 g/mol. The summed E-state index contributed by atoms with van der Waals surface area (Å²) in [6.07, 6.45) is 4.94. The first-order valence-corrected chi connectivity index (χ1v) is 6.84. The van der Waals surface area contributed by atoms with E-state index in [4.69, 9.17) is 5.73 Å². The van der Waals surface area contributed by atoms with Crippen molar-refractivity contribution in [1.82, 2.24) is 9.88 Å². The molecule has 1 rings (SSSR count). The Bertz CT molecular complexity index is 335. The molecule has 1 unspecified atom stereocenters. The van der Waals surface area contributed by atoms with E-state index in [-0.39, 0.29) is 5.41 Å². The maximum atomic E-state index is 5.85. The fourth-order valence-electron chi connectivity index (χ4n) is 2.15. The molecule has 3 heteroatoms. The summed E-state index contributed by atoms with van der Waals surface area (Å²) < 4.78 is 0. The average molecular weight is 249 g/mol. The molecule has 0 fully saturated rings. The first-order valence-electron chi connectivity index (χ1n) is 6.84. The van der Waals surface area contributed by atoms with Gasteiger partial charge in [0.15, 0.2) is 0 Å². The highest BCUT2D eigenvalue weighted by atomic mass is 15.2. The number of nitrogens with zero attached hydrogens (tertiary/aromatic N) is 2. The molecule has 3 nitrogen and oxygen atoms in total. The van der Waals surface area contributed by atoms with Gasteiger partial charge in [-0.05, 0) is 43.5 Å². The van der Waals surface area contributed by atoms with Crippen LogP contribution in [0.4, 0.5) is 0 Å². The van der Waals surface area contributed by atoms with Crippen LogP contribution in [0.2, 0.25) is 0 Å². The van der Waals surface area contributed by atoms with E-state index in [1.165, 1.54) is 5.56 Å². The van der Waals surface area contributed by atoms with Gasteiger partial charge in [0, 0.05) is 25.0 Å². The highest BCUT2D eigenvalue weighted by Crippen LogP contribution is 2.24. The van der Waals surface area contributed by atoms with Gasteiger partial charge in [0.05, 0.1) is 0 Å². The summed E-state index contributed by atoms with van der Waals surface area (Å²) in [6, 6.07) is 4.55. The van der Waals surface area contributed by atoms with E-state index in [1.807, 2.05) is 18.5 Å². The lowest BCUT2D eigenvalue weighted by Crippen LogP contribution is -2.40. The van der Waals surface area contributed by atoms with Gasteiger partial charge < -0.3 is 5.73 Å². The quantitative estimate of drug-likeness (QED) is 0.808. The Hall–Kier alpha value is -0.930. The molecule has 18 heavy (non-hydrogen) atoms. The van der Waals surface area contributed by atoms with Crippen LogP contribution in [0, 0.1) is 5.41 Å². The first-order chi connectivity index (χ1) is 8.50. The molecule has 0 aliphatic rings. The third-order valence-corrected chi connectivity index (χ3v) is 3.41. The minimum absolute atomic E-state index is 0.158. The van der Waals surface area contributed by atoms with E-state index in [9.17, 15) is 0 Å². The molecule has 102 valence electrons. The molecule has 0 aliphatic carbocycles. The average Bonchev–Trinajstić information content (AvgIpc) is 2.38. The molecular weight excluding hydrogens is 222 g/mol. The first kappa shape index (κ1) is 15.1. The molecule has 0 saturated heterocycles. The zero-order chi connectivity index (χ0) is 13.6. The van der Waals surface area contributed by atoms with E-state index in [0.717, 1.165) is 19.5 Å². The standard InChI is InChI=1S/C15H27N3/c1-5-9-18(12-15(3,4)11-16)13(2)14-7-6-8-17-10-14/h6-8,10,13H,5,9,11-12,16H2,1-4H3. The van der Waals surface area contributed by atoms with Crippen molar-refractivity contribution in [2.75, 3.05) is 19.6 Å². The Labute approximate surface area is 111 Å². The topological polar surface area (TPSA) is 42.1 Å². The van der Waals surface area contributed by atoms with E-state index < -0.39 is 0 Å². The highest BCUT2D eigenvalue weighted by Gasteiger charge is 2.23. The van der Waals surface area contributed by atoms with Crippen molar-refractivity contribution in [3.05, 3.63) is 30.1 Å². The maximum Gasteiger partial charge on any atom is 0.0335 e. The molecule has 1 aromatic heterocycles. The van der Waals surface area contributed by atoms with Crippen LogP contribution in [-0.4, -0.2) is 29.5 Å². The van der Waals surface area contributed by atoms with Crippen molar-refractivity contribution in [3.8, 4) is 0 Å². The number of aromatic nitrogens is 1. The molecule has 0 aliphatic heterocycles. The second-order valence-electron chi connectivity index (χ2n) is 5.80. The van der Waals surface area contributed by atoms with Crippen molar-refractivity contribution in [2.24, 2.45) is 11.1 Å². The van der Waals surface area contributed by atoms with Crippen molar-refractivity contribution in [3.63, 3.8) is 0 Å². The van der Waals surface area contributed by atoms with Gasteiger partial charge in [-0.3, -0.25) is 9.88 Å². The van der Waals surface area contributed by atoms with Crippen LogP contribution in [0.3, 0.4) is 0 Å². The number of hydrogen-bond donors (Lipinski definition) is 1. The molecule has 0 amide bonds. The summed E-state index contributed by atoms with van der Waals surface area (Å²) in [5, 5.41) is 0. The fourth-order valence-corrected chi connectivity index (χ4v) is 2.15. The van der Waals surface area contributed by atoms with Crippen LogP contribution < -0.4 is 5.73 Å². The fraction of sp³-hybridized carbons (Fsp3) is 0.667. The van der Waals surface area contributed by atoms with E-state index >= 15 is 0 Å². The molecule has 0 bridgehead atoms. The molecule has 1 aromatic rings. The zero-order valence-corrected chi connectivity index (χ0v) is 12.2. The summed E-state index contributed by atoms with van der Waals surface area (Å²) in [6.45, 7) is 11.8. The molecule has 2 N–H and O–H groups in total.